The van der Waals surface area contributed by atoms with Gasteiger partial charge in [0.15, 0.2) is 0 Å². The minimum absolute atomic E-state index is 0.385. The molecule has 1 rings (SSSR count). The second-order valence-electron chi connectivity index (χ2n) is 2.86. The van der Waals surface area contributed by atoms with E-state index < -0.39 is 12.1 Å². The summed E-state index contributed by atoms with van der Waals surface area (Å²) in [4.78, 5) is 11.9. The number of benzene rings is 1. The number of halogens is 1. The number of rotatable bonds is 4. The van der Waals surface area contributed by atoms with Crippen LogP contribution in [0.2, 0.25) is 0 Å². The number of thioether (sulfide) groups is 1. The summed E-state index contributed by atoms with van der Waals surface area (Å²) < 4.78 is 18.0. The third kappa shape index (κ3) is 2.96. The van der Waals surface area contributed by atoms with Crippen LogP contribution in [-0.4, -0.2) is 18.8 Å². The fraction of sp³-hybridized carbons (Fsp3) is 0.364. The van der Waals surface area contributed by atoms with Gasteiger partial charge in [0, 0.05) is 10.5 Å². The highest BCUT2D eigenvalue weighted by atomic mass is 32.2. The molecule has 0 N–H and O–H groups in total. The number of alkyl halides is 1. The van der Waals surface area contributed by atoms with E-state index in [9.17, 15) is 9.18 Å². The van der Waals surface area contributed by atoms with Gasteiger partial charge in [-0.1, -0.05) is 25.1 Å². The van der Waals surface area contributed by atoms with E-state index in [1.165, 1.54) is 18.9 Å². The molecule has 1 aromatic carbocycles. The van der Waals surface area contributed by atoms with E-state index in [4.69, 9.17) is 0 Å². The fourth-order valence-corrected chi connectivity index (χ4v) is 2.03. The Morgan fingerprint density at radius 1 is 1.53 bits per heavy atom. The minimum atomic E-state index is -1.69. The molecule has 0 aliphatic carbocycles. The van der Waals surface area contributed by atoms with E-state index >= 15 is 0 Å². The zero-order valence-corrected chi connectivity index (χ0v) is 9.51. The van der Waals surface area contributed by atoms with Crippen LogP contribution in [0.25, 0.3) is 0 Å². The van der Waals surface area contributed by atoms with Gasteiger partial charge in [-0.25, -0.2) is 9.18 Å². The van der Waals surface area contributed by atoms with Gasteiger partial charge in [-0.05, 0) is 11.8 Å². The molecular formula is C11H13FO2S. The van der Waals surface area contributed by atoms with Crippen LogP contribution < -0.4 is 0 Å². The number of carbonyl (C=O) groups is 1. The van der Waals surface area contributed by atoms with E-state index in [1.807, 2.05) is 13.0 Å². The first-order chi connectivity index (χ1) is 7.20. The highest BCUT2D eigenvalue weighted by molar-refractivity contribution is 7.99. The van der Waals surface area contributed by atoms with E-state index in [0.717, 1.165) is 10.6 Å². The summed E-state index contributed by atoms with van der Waals surface area (Å²) in [6, 6.07) is 6.95. The van der Waals surface area contributed by atoms with Gasteiger partial charge in [0.25, 0.3) is 0 Å². The largest absolute Gasteiger partial charge is 0.467 e. The maximum absolute atomic E-state index is 13.6. The van der Waals surface area contributed by atoms with Crippen molar-refractivity contribution < 1.29 is 13.9 Å². The van der Waals surface area contributed by atoms with Crippen molar-refractivity contribution in [2.75, 3.05) is 12.9 Å². The zero-order valence-electron chi connectivity index (χ0n) is 8.70. The lowest BCUT2D eigenvalue weighted by molar-refractivity contribution is -0.146. The van der Waals surface area contributed by atoms with Gasteiger partial charge in [0.1, 0.15) is 0 Å². The molecule has 0 bridgehead atoms. The number of carbonyl (C=O) groups excluding carboxylic acids is 1. The summed E-state index contributed by atoms with van der Waals surface area (Å²) in [6.45, 7) is 1.98. The number of hydrogen-bond donors (Lipinski definition) is 0. The molecule has 0 fully saturated rings. The average Bonchev–Trinajstić information content (AvgIpc) is 2.28. The molecule has 0 spiro atoms. The first-order valence-electron chi connectivity index (χ1n) is 4.64. The van der Waals surface area contributed by atoms with E-state index in [2.05, 4.69) is 4.74 Å². The molecule has 0 aromatic heterocycles. The summed E-state index contributed by atoms with van der Waals surface area (Å²) in [5.41, 5.74) is 0.385. The standard InChI is InChI=1S/C11H13FO2S/c1-3-15-9-7-5-4-6-8(9)10(12)11(13)14-2/h4-7,10H,3H2,1-2H3. The van der Waals surface area contributed by atoms with E-state index in [-0.39, 0.29) is 0 Å². The highest BCUT2D eigenvalue weighted by Crippen LogP contribution is 2.29. The summed E-state index contributed by atoms with van der Waals surface area (Å²) in [5.74, 6) is -0.00981. The second kappa shape index (κ2) is 5.75. The monoisotopic (exact) mass is 228 g/mol. The molecule has 0 saturated carbocycles. The Labute approximate surface area is 92.8 Å². The van der Waals surface area contributed by atoms with E-state index in [0.29, 0.717) is 5.56 Å². The Hall–Kier alpha value is -1.03. The van der Waals surface area contributed by atoms with Crippen molar-refractivity contribution in [2.45, 2.75) is 18.0 Å². The molecule has 0 amide bonds. The first kappa shape index (κ1) is 12.0. The molecule has 1 unspecified atom stereocenters. The Morgan fingerprint density at radius 3 is 2.80 bits per heavy atom. The lowest BCUT2D eigenvalue weighted by atomic mass is 10.1. The van der Waals surface area contributed by atoms with Gasteiger partial charge < -0.3 is 4.74 Å². The summed E-state index contributed by atoms with van der Waals surface area (Å²) in [7, 11) is 1.19. The van der Waals surface area contributed by atoms with Crippen LogP contribution in [0.4, 0.5) is 4.39 Å². The summed E-state index contributed by atoms with van der Waals surface area (Å²) >= 11 is 1.51. The van der Waals surface area contributed by atoms with Crippen molar-refractivity contribution in [3.05, 3.63) is 29.8 Å². The van der Waals surface area contributed by atoms with Crippen molar-refractivity contribution in [2.24, 2.45) is 0 Å². The molecule has 0 aliphatic rings. The molecule has 82 valence electrons. The molecule has 0 saturated heterocycles. The molecule has 15 heavy (non-hydrogen) atoms. The van der Waals surface area contributed by atoms with Crippen LogP contribution in [0.5, 0.6) is 0 Å². The Morgan fingerprint density at radius 2 is 2.20 bits per heavy atom. The van der Waals surface area contributed by atoms with Gasteiger partial charge in [0.2, 0.25) is 6.17 Å². The lowest BCUT2D eigenvalue weighted by Crippen LogP contribution is -2.10. The predicted molar refractivity (Wildman–Crippen MR) is 58.7 cm³/mol. The van der Waals surface area contributed by atoms with Crippen LogP contribution in [-0.2, 0) is 9.53 Å². The molecule has 2 nitrogen and oxygen atoms in total. The Bertz CT molecular complexity index is 341. The molecule has 4 heteroatoms. The smallest absolute Gasteiger partial charge is 0.345 e. The zero-order chi connectivity index (χ0) is 11.3. The number of methoxy groups -OCH3 is 1. The van der Waals surface area contributed by atoms with Crippen LogP contribution in [0.1, 0.15) is 18.7 Å². The topological polar surface area (TPSA) is 26.3 Å². The highest BCUT2D eigenvalue weighted by Gasteiger charge is 2.22. The van der Waals surface area contributed by atoms with E-state index in [1.54, 1.807) is 18.2 Å². The predicted octanol–water partition coefficient (Wildman–Crippen LogP) is 2.98. The molecule has 0 aliphatic heterocycles. The molecule has 0 radical (unpaired) electrons. The van der Waals surface area contributed by atoms with Gasteiger partial charge in [-0.15, -0.1) is 11.8 Å². The van der Waals surface area contributed by atoms with Crippen LogP contribution in [0.15, 0.2) is 29.2 Å². The molecule has 1 atom stereocenters. The summed E-state index contributed by atoms with van der Waals surface area (Å²) in [5, 5.41) is 0. The lowest BCUT2D eigenvalue weighted by Gasteiger charge is -2.10. The third-order valence-electron chi connectivity index (χ3n) is 1.90. The first-order valence-corrected chi connectivity index (χ1v) is 5.62. The normalized spacial score (nSPS) is 12.2. The SMILES string of the molecule is CCSc1ccccc1C(F)C(=O)OC. The van der Waals surface area contributed by atoms with Crippen molar-refractivity contribution >= 4 is 17.7 Å². The third-order valence-corrected chi connectivity index (χ3v) is 2.87. The minimum Gasteiger partial charge on any atom is -0.467 e. The van der Waals surface area contributed by atoms with Gasteiger partial charge in [-0.3, -0.25) is 0 Å². The van der Waals surface area contributed by atoms with Crippen molar-refractivity contribution in [3.8, 4) is 0 Å². The van der Waals surface area contributed by atoms with Gasteiger partial charge >= 0.3 is 5.97 Å². The Kier molecular flexibility index (Phi) is 4.62. The molecular weight excluding hydrogens is 215 g/mol. The number of hydrogen-bond acceptors (Lipinski definition) is 3. The maximum Gasteiger partial charge on any atom is 0.345 e. The van der Waals surface area contributed by atoms with Crippen molar-refractivity contribution in [3.63, 3.8) is 0 Å². The Balaban J connectivity index is 2.96. The molecule has 1 aromatic rings. The summed E-state index contributed by atoms with van der Waals surface area (Å²) in [6.07, 6.45) is -1.69. The van der Waals surface area contributed by atoms with Crippen molar-refractivity contribution in [1.29, 1.82) is 0 Å². The number of ether oxygens (including phenoxy) is 1. The van der Waals surface area contributed by atoms with Crippen LogP contribution >= 0.6 is 11.8 Å². The quantitative estimate of drug-likeness (QED) is 0.585. The van der Waals surface area contributed by atoms with Crippen LogP contribution in [0, 0.1) is 0 Å². The second-order valence-corrected chi connectivity index (χ2v) is 4.16. The van der Waals surface area contributed by atoms with Gasteiger partial charge in [-0.2, -0.15) is 0 Å². The maximum atomic E-state index is 13.6. The number of esters is 1. The van der Waals surface area contributed by atoms with Gasteiger partial charge in [0.05, 0.1) is 7.11 Å². The average molecular weight is 228 g/mol. The van der Waals surface area contributed by atoms with Crippen molar-refractivity contribution in [1.82, 2.24) is 0 Å². The fourth-order valence-electron chi connectivity index (χ4n) is 1.21. The van der Waals surface area contributed by atoms with Crippen LogP contribution in [0.3, 0.4) is 0 Å². The molecule has 0 heterocycles.